The zero-order valence-electron chi connectivity index (χ0n) is 15.8. The van der Waals surface area contributed by atoms with Crippen molar-refractivity contribution < 1.29 is 17.9 Å². The van der Waals surface area contributed by atoms with Gasteiger partial charge in [-0.25, -0.2) is 13.6 Å². The lowest BCUT2D eigenvalue weighted by Gasteiger charge is -2.24. The Morgan fingerprint density at radius 3 is 2.46 bits per heavy atom. The first-order valence-electron chi connectivity index (χ1n) is 9.13. The standard InChI is InChI=1S/C20H25N3O4S/c1-27-17-8-6-16(7-9-17)19-3-2-12-23(19)14-20(24)22-13-15-4-10-18(11-5-15)28(21,25)26/h4-11,19H,2-3,12-14H2,1H3,(H,22,24)(H2,21,25,26)/t19-/m0/s1. The van der Waals surface area contributed by atoms with Crippen LogP contribution in [0.1, 0.15) is 30.0 Å². The number of carbonyl (C=O) groups excluding carboxylic acids is 1. The van der Waals surface area contributed by atoms with Crippen LogP contribution in [0.25, 0.3) is 0 Å². The Morgan fingerprint density at radius 2 is 1.86 bits per heavy atom. The molecule has 3 rings (SSSR count). The molecule has 0 aliphatic carbocycles. The summed E-state index contributed by atoms with van der Waals surface area (Å²) in [4.78, 5) is 14.6. The van der Waals surface area contributed by atoms with E-state index in [-0.39, 0.29) is 16.8 Å². The fraction of sp³-hybridized carbons (Fsp3) is 0.350. The molecule has 1 amide bonds. The highest BCUT2D eigenvalue weighted by Gasteiger charge is 2.27. The summed E-state index contributed by atoms with van der Waals surface area (Å²) in [7, 11) is -2.06. The Balaban J connectivity index is 1.55. The van der Waals surface area contributed by atoms with Gasteiger partial charge in [-0.05, 0) is 54.8 Å². The second kappa shape index (κ2) is 8.72. The maximum absolute atomic E-state index is 12.4. The summed E-state index contributed by atoms with van der Waals surface area (Å²) in [6.45, 7) is 1.55. The zero-order valence-corrected chi connectivity index (χ0v) is 16.6. The molecule has 1 aliphatic heterocycles. The van der Waals surface area contributed by atoms with Crippen molar-refractivity contribution in [2.45, 2.75) is 30.3 Å². The second-order valence-corrected chi connectivity index (χ2v) is 8.43. The number of primary sulfonamides is 1. The van der Waals surface area contributed by atoms with E-state index in [4.69, 9.17) is 9.88 Å². The Kier molecular flexibility index (Phi) is 6.33. The van der Waals surface area contributed by atoms with Crippen molar-refractivity contribution in [2.75, 3.05) is 20.2 Å². The van der Waals surface area contributed by atoms with E-state index in [2.05, 4.69) is 10.2 Å². The van der Waals surface area contributed by atoms with Gasteiger partial charge in [0.25, 0.3) is 0 Å². The van der Waals surface area contributed by atoms with Crippen molar-refractivity contribution in [1.82, 2.24) is 10.2 Å². The van der Waals surface area contributed by atoms with Crippen LogP contribution in [0.15, 0.2) is 53.4 Å². The quantitative estimate of drug-likeness (QED) is 0.734. The third-order valence-electron chi connectivity index (χ3n) is 4.95. The number of sulfonamides is 1. The van der Waals surface area contributed by atoms with Gasteiger partial charge in [0.1, 0.15) is 5.75 Å². The number of hydrogen-bond donors (Lipinski definition) is 2. The number of hydrogen-bond acceptors (Lipinski definition) is 5. The second-order valence-electron chi connectivity index (χ2n) is 6.87. The van der Waals surface area contributed by atoms with Crippen molar-refractivity contribution in [2.24, 2.45) is 5.14 Å². The van der Waals surface area contributed by atoms with Crippen LogP contribution in [0.3, 0.4) is 0 Å². The van der Waals surface area contributed by atoms with Gasteiger partial charge in [0.15, 0.2) is 0 Å². The summed E-state index contributed by atoms with van der Waals surface area (Å²) >= 11 is 0. The van der Waals surface area contributed by atoms with Gasteiger partial charge in [0.2, 0.25) is 15.9 Å². The molecule has 1 aliphatic rings. The average Bonchev–Trinajstić information content (AvgIpc) is 3.14. The average molecular weight is 404 g/mol. The highest BCUT2D eigenvalue weighted by Crippen LogP contribution is 2.32. The van der Waals surface area contributed by atoms with E-state index in [9.17, 15) is 13.2 Å². The summed E-state index contributed by atoms with van der Waals surface area (Å²) in [6.07, 6.45) is 2.08. The number of methoxy groups -OCH3 is 1. The number of likely N-dealkylation sites (tertiary alicyclic amines) is 1. The summed E-state index contributed by atoms with van der Waals surface area (Å²) in [6, 6.07) is 14.4. The van der Waals surface area contributed by atoms with Crippen molar-refractivity contribution in [3.05, 3.63) is 59.7 Å². The molecule has 1 fully saturated rings. The molecular formula is C20H25N3O4S. The number of nitrogens with zero attached hydrogens (tertiary/aromatic N) is 1. The molecule has 8 heteroatoms. The van der Waals surface area contributed by atoms with Gasteiger partial charge in [-0.2, -0.15) is 0 Å². The Morgan fingerprint density at radius 1 is 1.18 bits per heavy atom. The monoisotopic (exact) mass is 403 g/mol. The zero-order chi connectivity index (χ0) is 20.1. The van der Waals surface area contributed by atoms with Crippen LogP contribution in [-0.4, -0.2) is 39.4 Å². The van der Waals surface area contributed by atoms with Gasteiger partial charge in [-0.1, -0.05) is 24.3 Å². The summed E-state index contributed by atoms with van der Waals surface area (Å²) in [5, 5.41) is 7.98. The number of ether oxygens (including phenoxy) is 1. The van der Waals surface area contributed by atoms with Crippen LogP contribution in [0.2, 0.25) is 0 Å². The maximum Gasteiger partial charge on any atom is 0.238 e. The fourth-order valence-corrected chi connectivity index (χ4v) is 3.97. The molecule has 0 aromatic heterocycles. The SMILES string of the molecule is COc1ccc([C@@H]2CCCN2CC(=O)NCc2ccc(S(N)(=O)=O)cc2)cc1. The molecule has 0 bridgehead atoms. The Hall–Kier alpha value is -2.42. The molecule has 0 spiro atoms. The highest BCUT2D eigenvalue weighted by molar-refractivity contribution is 7.89. The summed E-state index contributed by atoms with van der Waals surface area (Å²) in [5.74, 6) is 0.760. The van der Waals surface area contributed by atoms with E-state index in [1.54, 1.807) is 19.2 Å². The highest BCUT2D eigenvalue weighted by atomic mass is 32.2. The third-order valence-corrected chi connectivity index (χ3v) is 5.88. The largest absolute Gasteiger partial charge is 0.497 e. The number of carbonyl (C=O) groups is 1. The van der Waals surface area contributed by atoms with E-state index in [0.717, 1.165) is 30.7 Å². The van der Waals surface area contributed by atoms with Crippen LogP contribution < -0.4 is 15.2 Å². The number of nitrogens with one attached hydrogen (secondary N) is 1. The lowest BCUT2D eigenvalue weighted by molar-refractivity contribution is -0.122. The summed E-state index contributed by atoms with van der Waals surface area (Å²) < 4.78 is 27.8. The molecule has 2 aromatic rings. The molecule has 1 saturated heterocycles. The Bertz CT molecular complexity index is 911. The number of nitrogens with two attached hydrogens (primary N) is 1. The maximum atomic E-state index is 12.4. The third kappa shape index (κ3) is 5.09. The van der Waals surface area contributed by atoms with Crippen LogP contribution in [0.5, 0.6) is 5.75 Å². The van der Waals surface area contributed by atoms with Crippen molar-refractivity contribution in [3.8, 4) is 5.75 Å². The molecule has 1 heterocycles. The first-order chi connectivity index (χ1) is 13.4. The molecule has 150 valence electrons. The number of rotatable bonds is 7. The molecular weight excluding hydrogens is 378 g/mol. The van der Waals surface area contributed by atoms with Crippen LogP contribution in [0, 0.1) is 0 Å². The smallest absolute Gasteiger partial charge is 0.238 e. The molecule has 7 nitrogen and oxygen atoms in total. The molecule has 28 heavy (non-hydrogen) atoms. The predicted octanol–water partition coefficient (Wildman–Crippen LogP) is 1.80. The Labute approximate surface area is 165 Å². The molecule has 1 atom stereocenters. The van der Waals surface area contributed by atoms with E-state index in [1.165, 1.54) is 17.7 Å². The predicted molar refractivity (Wildman–Crippen MR) is 106 cm³/mol. The molecule has 0 saturated carbocycles. The number of benzene rings is 2. The van der Waals surface area contributed by atoms with E-state index < -0.39 is 10.0 Å². The van der Waals surface area contributed by atoms with Gasteiger partial charge in [0.05, 0.1) is 18.6 Å². The first kappa shape index (κ1) is 20.3. The van der Waals surface area contributed by atoms with Crippen LogP contribution in [-0.2, 0) is 21.4 Å². The van der Waals surface area contributed by atoms with Gasteiger partial charge in [0, 0.05) is 12.6 Å². The minimum Gasteiger partial charge on any atom is -0.497 e. The fourth-order valence-electron chi connectivity index (χ4n) is 3.46. The van der Waals surface area contributed by atoms with Crippen molar-refractivity contribution in [3.63, 3.8) is 0 Å². The lowest BCUT2D eigenvalue weighted by atomic mass is 10.0. The topological polar surface area (TPSA) is 102 Å². The van der Waals surface area contributed by atoms with Gasteiger partial charge in [-0.3, -0.25) is 9.69 Å². The minimum absolute atomic E-state index is 0.0574. The van der Waals surface area contributed by atoms with E-state index >= 15 is 0 Å². The van der Waals surface area contributed by atoms with Gasteiger partial charge >= 0.3 is 0 Å². The van der Waals surface area contributed by atoms with Gasteiger partial charge in [-0.15, -0.1) is 0 Å². The van der Waals surface area contributed by atoms with Crippen LogP contribution >= 0.6 is 0 Å². The van der Waals surface area contributed by atoms with Crippen molar-refractivity contribution >= 4 is 15.9 Å². The molecule has 3 N–H and O–H groups in total. The first-order valence-corrected chi connectivity index (χ1v) is 10.7. The number of amides is 1. The normalized spacial score (nSPS) is 17.4. The minimum atomic E-state index is -3.71. The molecule has 0 radical (unpaired) electrons. The molecule has 0 unspecified atom stereocenters. The summed E-state index contributed by atoms with van der Waals surface area (Å²) in [5.41, 5.74) is 2.00. The molecule has 2 aromatic carbocycles. The van der Waals surface area contributed by atoms with Gasteiger partial charge < -0.3 is 10.1 Å². The lowest BCUT2D eigenvalue weighted by Crippen LogP contribution is -2.36. The van der Waals surface area contributed by atoms with Crippen molar-refractivity contribution in [1.29, 1.82) is 0 Å². The van der Waals surface area contributed by atoms with Crippen LogP contribution in [0.4, 0.5) is 0 Å². The van der Waals surface area contributed by atoms with E-state index in [0.29, 0.717) is 13.1 Å². The van der Waals surface area contributed by atoms with E-state index in [1.807, 2.05) is 24.3 Å².